The van der Waals surface area contributed by atoms with Gasteiger partial charge in [-0.2, -0.15) is 0 Å². The van der Waals surface area contributed by atoms with Gasteiger partial charge in [-0.15, -0.1) is 0 Å². The van der Waals surface area contributed by atoms with Crippen LogP contribution in [0.2, 0.25) is 0 Å². The van der Waals surface area contributed by atoms with Gasteiger partial charge >= 0.3 is 6.09 Å². The van der Waals surface area contributed by atoms with Gasteiger partial charge in [0.1, 0.15) is 0 Å². The number of fused-ring (bicyclic) bond motifs is 7. The molecule has 2 N–H and O–H groups in total. The minimum atomic E-state index is -2.02. The van der Waals surface area contributed by atoms with Crippen molar-refractivity contribution in [2.75, 3.05) is 32.8 Å². The Bertz CT molecular complexity index is 1160. The summed E-state index contributed by atoms with van der Waals surface area (Å²) in [7, 11) is 0. The van der Waals surface area contributed by atoms with Crippen molar-refractivity contribution in [3.05, 3.63) is 23.8 Å². The SMILES string of the molecule is CC1(C)O[C@@H]2C[C@H]3[C@@H]4CCC5=CC(=O)C=C[C@]5(C)[C@@]4(F)[C@@H](O)C[C@]3(C)[C@]2(C(=O)COC(=O)N2CCNCC2)O1. The summed E-state index contributed by atoms with van der Waals surface area (Å²) in [6.45, 7) is 8.96. The van der Waals surface area contributed by atoms with Crippen LogP contribution in [-0.2, 0) is 23.8 Å². The number of amides is 1. The molecule has 10 heteroatoms. The zero-order chi connectivity index (χ0) is 28.0. The fraction of sp³-hybridized carbons (Fsp3) is 0.759. The van der Waals surface area contributed by atoms with E-state index in [1.54, 1.807) is 31.7 Å². The zero-order valence-corrected chi connectivity index (χ0v) is 23.1. The fourth-order valence-corrected chi connectivity index (χ4v) is 8.98. The van der Waals surface area contributed by atoms with E-state index >= 15 is 4.39 Å². The van der Waals surface area contributed by atoms with Crippen LogP contribution in [0.1, 0.15) is 53.4 Å². The number of carbonyl (C=O) groups excluding carboxylic acids is 3. The number of ether oxygens (including phenoxy) is 3. The van der Waals surface area contributed by atoms with Gasteiger partial charge in [-0.05, 0) is 64.5 Å². The van der Waals surface area contributed by atoms with Gasteiger partial charge < -0.3 is 29.5 Å². The Labute approximate surface area is 228 Å². The molecule has 214 valence electrons. The van der Waals surface area contributed by atoms with Crippen molar-refractivity contribution in [2.24, 2.45) is 22.7 Å². The van der Waals surface area contributed by atoms with Crippen molar-refractivity contribution in [1.29, 1.82) is 0 Å². The summed E-state index contributed by atoms with van der Waals surface area (Å²) in [6.07, 6.45) is 3.22. The third-order valence-electron chi connectivity index (χ3n) is 10.8. The smallest absolute Gasteiger partial charge is 0.410 e. The predicted molar refractivity (Wildman–Crippen MR) is 137 cm³/mol. The summed E-state index contributed by atoms with van der Waals surface area (Å²) in [5.74, 6) is -2.58. The fourth-order valence-electron chi connectivity index (χ4n) is 8.98. The van der Waals surface area contributed by atoms with E-state index in [1.165, 1.54) is 12.2 Å². The average molecular weight is 547 g/mol. The van der Waals surface area contributed by atoms with E-state index in [9.17, 15) is 19.5 Å². The average Bonchev–Trinajstić information content (AvgIpc) is 3.30. The van der Waals surface area contributed by atoms with Gasteiger partial charge in [-0.25, -0.2) is 9.18 Å². The lowest BCUT2D eigenvalue weighted by molar-refractivity contribution is -0.246. The van der Waals surface area contributed by atoms with Crippen molar-refractivity contribution < 1.29 is 38.1 Å². The number of aliphatic hydroxyl groups is 1. The number of nitrogens with zero attached hydrogens (tertiary/aromatic N) is 1. The van der Waals surface area contributed by atoms with Gasteiger partial charge in [-0.3, -0.25) is 9.59 Å². The maximum atomic E-state index is 17.5. The Kier molecular flexibility index (Phi) is 6.02. The Morgan fingerprint density at radius 3 is 2.64 bits per heavy atom. The molecular formula is C29H39FN2O7. The van der Waals surface area contributed by atoms with Crippen molar-refractivity contribution in [3.63, 3.8) is 0 Å². The first-order valence-corrected chi connectivity index (χ1v) is 14.1. The molecule has 6 rings (SSSR count). The van der Waals surface area contributed by atoms with Crippen LogP contribution in [0.15, 0.2) is 23.8 Å². The molecule has 2 aliphatic heterocycles. The summed E-state index contributed by atoms with van der Waals surface area (Å²) in [5, 5.41) is 14.8. The number of nitrogens with one attached hydrogen (secondary N) is 1. The number of halogens is 1. The molecule has 2 heterocycles. The molecule has 9 nitrogen and oxygen atoms in total. The zero-order valence-electron chi connectivity index (χ0n) is 23.1. The summed E-state index contributed by atoms with van der Waals surface area (Å²) in [6, 6.07) is 0. The van der Waals surface area contributed by atoms with Gasteiger partial charge in [-0.1, -0.05) is 18.6 Å². The lowest BCUT2D eigenvalue weighted by Crippen LogP contribution is -2.70. The van der Waals surface area contributed by atoms with Gasteiger partial charge in [0.15, 0.2) is 29.4 Å². The van der Waals surface area contributed by atoms with Crippen LogP contribution in [0.3, 0.4) is 0 Å². The topological polar surface area (TPSA) is 114 Å². The van der Waals surface area contributed by atoms with Crippen molar-refractivity contribution >= 4 is 17.7 Å². The van der Waals surface area contributed by atoms with E-state index in [0.29, 0.717) is 51.0 Å². The number of alkyl halides is 1. The lowest BCUT2D eigenvalue weighted by Gasteiger charge is -2.62. The van der Waals surface area contributed by atoms with Crippen LogP contribution in [-0.4, -0.2) is 89.7 Å². The van der Waals surface area contributed by atoms with E-state index in [4.69, 9.17) is 14.2 Å². The molecule has 0 spiro atoms. The first-order valence-electron chi connectivity index (χ1n) is 14.1. The summed E-state index contributed by atoms with van der Waals surface area (Å²) < 4.78 is 35.8. The second-order valence-electron chi connectivity index (χ2n) is 13.1. The number of Topliss-reactive ketones (excluding diaryl/α,β-unsaturated/α-hetero) is 1. The van der Waals surface area contributed by atoms with E-state index < -0.39 is 64.5 Å². The first kappa shape index (κ1) is 27.1. The molecule has 5 fully saturated rings. The standard InChI is InChI=1S/C29H39FN2O7/c1-25(2)38-23-14-20-19-6-5-17-13-18(33)7-8-26(17,3)28(19,30)21(34)15-27(20,4)29(23,39-25)22(35)16-37-24(36)32-11-9-31-10-12-32/h7-8,13,19-21,23,31,34H,5-6,9-12,14-16H2,1-4H3/t19-,20-,21-,23+,26-,27-,28-,29+/m0/s1. The highest BCUT2D eigenvalue weighted by molar-refractivity contribution is 6.01. The number of piperazine rings is 1. The molecular weight excluding hydrogens is 507 g/mol. The predicted octanol–water partition coefficient (Wildman–Crippen LogP) is 2.47. The summed E-state index contributed by atoms with van der Waals surface area (Å²) >= 11 is 0. The van der Waals surface area contributed by atoms with Crippen LogP contribution < -0.4 is 5.32 Å². The number of rotatable bonds is 3. The minimum Gasteiger partial charge on any atom is -0.441 e. The molecule has 0 aromatic carbocycles. The van der Waals surface area contributed by atoms with Crippen molar-refractivity contribution in [3.8, 4) is 0 Å². The molecule has 1 amide bonds. The first-order chi connectivity index (χ1) is 18.3. The molecule has 0 aromatic rings. The molecule has 3 saturated carbocycles. The molecule has 2 saturated heterocycles. The van der Waals surface area contributed by atoms with Crippen LogP contribution >= 0.6 is 0 Å². The number of aliphatic hydroxyl groups excluding tert-OH is 1. The van der Waals surface area contributed by atoms with Gasteiger partial charge in [0.05, 0.1) is 12.2 Å². The van der Waals surface area contributed by atoms with Gasteiger partial charge in [0, 0.05) is 42.9 Å². The Morgan fingerprint density at radius 1 is 1.21 bits per heavy atom. The Hall–Kier alpha value is -2.14. The number of hydrogen-bond donors (Lipinski definition) is 2. The second kappa shape index (κ2) is 8.68. The maximum absolute atomic E-state index is 17.5. The highest BCUT2D eigenvalue weighted by atomic mass is 19.1. The molecule has 6 aliphatic rings. The van der Waals surface area contributed by atoms with E-state index in [-0.39, 0.29) is 18.1 Å². The van der Waals surface area contributed by atoms with Crippen molar-refractivity contribution in [1.82, 2.24) is 10.2 Å². The largest absolute Gasteiger partial charge is 0.441 e. The molecule has 0 bridgehead atoms. The van der Waals surface area contributed by atoms with E-state index in [1.807, 2.05) is 6.92 Å². The lowest BCUT2D eigenvalue weighted by atomic mass is 9.44. The monoisotopic (exact) mass is 546 g/mol. The Morgan fingerprint density at radius 2 is 1.92 bits per heavy atom. The summed E-state index contributed by atoms with van der Waals surface area (Å²) in [5.41, 5.74) is -4.91. The highest BCUT2D eigenvalue weighted by Gasteiger charge is 2.80. The molecule has 0 aromatic heterocycles. The quantitative estimate of drug-likeness (QED) is 0.555. The highest BCUT2D eigenvalue weighted by Crippen LogP contribution is 2.72. The third-order valence-corrected chi connectivity index (χ3v) is 10.8. The second-order valence-corrected chi connectivity index (χ2v) is 13.1. The number of hydrogen-bond acceptors (Lipinski definition) is 8. The van der Waals surface area contributed by atoms with Gasteiger partial charge in [0.2, 0.25) is 5.78 Å². The number of carbonyl (C=O) groups is 3. The number of allylic oxidation sites excluding steroid dienone is 4. The van der Waals surface area contributed by atoms with Crippen molar-refractivity contribution in [2.45, 2.75) is 82.6 Å². The molecule has 0 unspecified atom stereocenters. The molecule has 0 radical (unpaired) electrons. The van der Waals surface area contributed by atoms with Crippen LogP contribution in [0.25, 0.3) is 0 Å². The normalized spacial score (nSPS) is 46.1. The molecule has 4 aliphatic carbocycles. The van der Waals surface area contributed by atoms with Crippen LogP contribution in [0.4, 0.5) is 9.18 Å². The van der Waals surface area contributed by atoms with Crippen LogP contribution in [0.5, 0.6) is 0 Å². The Balaban J connectivity index is 1.33. The van der Waals surface area contributed by atoms with E-state index in [0.717, 1.165) is 0 Å². The summed E-state index contributed by atoms with van der Waals surface area (Å²) in [4.78, 5) is 40.5. The molecule has 8 atom stereocenters. The van der Waals surface area contributed by atoms with E-state index in [2.05, 4.69) is 5.32 Å². The number of ketones is 2. The molecule has 39 heavy (non-hydrogen) atoms. The van der Waals surface area contributed by atoms with Crippen LogP contribution in [0, 0.1) is 22.7 Å². The maximum Gasteiger partial charge on any atom is 0.410 e. The van der Waals surface area contributed by atoms with Gasteiger partial charge in [0.25, 0.3) is 0 Å². The minimum absolute atomic E-state index is 0.0251. The third kappa shape index (κ3) is 3.53.